The average Bonchev–Trinajstić information content (AvgIpc) is 3.05. The molecule has 1 aromatic heterocycles. The number of nitrogens with one attached hydrogen (secondary N) is 1. The van der Waals surface area contributed by atoms with E-state index in [2.05, 4.69) is 41.5 Å². The quantitative estimate of drug-likeness (QED) is 0.596. The minimum absolute atomic E-state index is 0.0650. The van der Waals surface area contributed by atoms with Crippen LogP contribution in [0.15, 0.2) is 67.0 Å². The van der Waals surface area contributed by atoms with Gasteiger partial charge in [0.2, 0.25) is 0 Å². The summed E-state index contributed by atoms with van der Waals surface area (Å²) >= 11 is 0. The van der Waals surface area contributed by atoms with Gasteiger partial charge in [0.15, 0.2) is 0 Å². The van der Waals surface area contributed by atoms with Gasteiger partial charge in [0, 0.05) is 18.3 Å². The molecule has 1 aliphatic rings. The topological polar surface area (TPSA) is 51.2 Å². The van der Waals surface area contributed by atoms with Gasteiger partial charge in [0.25, 0.3) is 0 Å². The summed E-state index contributed by atoms with van der Waals surface area (Å²) in [6, 6.07) is 18.5. The highest BCUT2D eigenvalue weighted by Crippen LogP contribution is 2.44. The van der Waals surface area contributed by atoms with E-state index in [0.717, 1.165) is 30.5 Å². The molecule has 0 saturated carbocycles. The Labute approximate surface area is 165 Å². The minimum Gasteiger partial charge on any atom is -0.448 e. The molecule has 0 bridgehead atoms. The molecule has 1 aliphatic carbocycles. The first kappa shape index (κ1) is 18.2. The molecule has 1 amide bonds. The van der Waals surface area contributed by atoms with Crippen LogP contribution >= 0.6 is 0 Å². The van der Waals surface area contributed by atoms with Crippen molar-refractivity contribution in [3.8, 4) is 11.1 Å². The van der Waals surface area contributed by atoms with Gasteiger partial charge in [-0.05, 0) is 46.7 Å². The van der Waals surface area contributed by atoms with Crippen LogP contribution in [0.5, 0.6) is 0 Å². The van der Waals surface area contributed by atoms with Gasteiger partial charge in [0.05, 0.1) is 5.69 Å². The second-order valence-electron chi connectivity index (χ2n) is 7.09. The summed E-state index contributed by atoms with van der Waals surface area (Å²) in [4.78, 5) is 16.6. The Morgan fingerprint density at radius 2 is 1.71 bits per heavy atom. The van der Waals surface area contributed by atoms with E-state index in [-0.39, 0.29) is 5.92 Å². The maximum Gasteiger partial charge on any atom is 0.411 e. The third-order valence-corrected chi connectivity index (χ3v) is 5.28. The maximum atomic E-state index is 12.5. The van der Waals surface area contributed by atoms with E-state index in [1.807, 2.05) is 36.5 Å². The lowest BCUT2D eigenvalue weighted by molar-refractivity contribution is 0.158. The minimum atomic E-state index is -0.425. The van der Waals surface area contributed by atoms with Crippen molar-refractivity contribution in [3.05, 3.63) is 83.7 Å². The van der Waals surface area contributed by atoms with Crippen LogP contribution in [0.25, 0.3) is 11.1 Å². The van der Waals surface area contributed by atoms with Gasteiger partial charge in [-0.25, -0.2) is 4.79 Å². The number of hydrogen-bond donors (Lipinski definition) is 1. The Balaban J connectivity index is 1.46. The van der Waals surface area contributed by atoms with Crippen LogP contribution in [0.3, 0.4) is 0 Å². The first-order valence-corrected chi connectivity index (χ1v) is 9.82. The van der Waals surface area contributed by atoms with Gasteiger partial charge in [0.1, 0.15) is 6.61 Å². The van der Waals surface area contributed by atoms with Crippen molar-refractivity contribution in [2.24, 2.45) is 0 Å². The number of carbonyl (C=O) groups is 1. The Bertz CT molecular complexity index is 938. The number of carbonyl (C=O) groups excluding carboxylic acids is 1. The number of ether oxygens (including phenoxy) is 1. The lowest BCUT2D eigenvalue weighted by atomic mass is 9.98. The molecular weight excluding hydrogens is 348 g/mol. The molecule has 28 heavy (non-hydrogen) atoms. The summed E-state index contributed by atoms with van der Waals surface area (Å²) in [5, 5.41) is 2.89. The molecule has 0 unspecified atom stereocenters. The van der Waals surface area contributed by atoms with Crippen LogP contribution < -0.4 is 5.32 Å². The summed E-state index contributed by atoms with van der Waals surface area (Å²) in [6.07, 6.45) is 6.13. The van der Waals surface area contributed by atoms with Gasteiger partial charge in [-0.3, -0.25) is 10.3 Å². The van der Waals surface area contributed by atoms with E-state index in [4.69, 9.17) is 4.74 Å². The molecule has 4 rings (SSSR count). The molecule has 1 heterocycles. The first-order valence-electron chi connectivity index (χ1n) is 9.82. The predicted molar refractivity (Wildman–Crippen MR) is 112 cm³/mol. The van der Waals surface area contributed by atoms with Crippen molar-refractivity contribution in [1.82, 2.24) is 4.98 Å². The molecular formula is C24H24N2O2. The van der Waals surface area contributed by atoms with E-state index < -0.39 is 6.09 Å². The zero-order chi connectivity index (χ0) is 19.3. The van der Waals surface area contributed by atoms with E-state index in [9.17, 15) is 4.79 Å². The fourth-order valence-electron chi connectivity index (χ4n) is 3.86. The predicted octanol–water partition coefficient (Wildman–Crippen LogP) is 5.79. The molecule has 0 saturated heterocycles. The number of aryl methyl sites for hydroxylation is 1. The lowest BCUT2D eigenvalue weighted by Crippen LogP contribution is -2.18. The Morgan fingerprint density at radius 3 is 2.39 bits per heavy atom. The van der Waals surface area contributed by atoms with Gasteiger partial charge in [-0.2, -0.15) is 0 Å². The molecule has 3 aromatic rings. The van der Waals surface area contributed by atoms with Crippen LogP contribution in [-0.2, 0) is 11.2 Å². The van der Waals surface area contributed by atoms with Crippen LogP contribution in [-0.4, -0.2) is 17.7 Å². The first-order chi connectivity index (χ1) is 13.8. The summed E-state index contributed by atoms with van der Waals surface area (Å²) in [7, 11) is 0. The van der Waals surface area contributed by atoms with Crippen LogP contribution in [0, 0.1) is 0 Å². The number of benzene rings is 2. The summed E-state index contributed by atoms with van der Waals surface area (Å²) in [6.45, 7) is 2.46. The molecule has 0 radical (unpaired) electrons. The van der Waals surface area contributed by atoms with Gasteiger partial charge in [-0.15, -0.1) is 0 Å². The van der Waals surface area contributed by atoms with Gasteiger partial charge < -0.3 is 4.74 Å². The monoisotopic (exact) mass is 372 g/mol. The molecule has 4 nitrogen and oxygen atoms in total. The standard InChI is InChI=1S/C24H24N2O2/c1-2-3-8-17-15-25-14-13-23(17)26-24(27)28-16-22-20-11-6-4-9-18(20)19-10-5-7-12-21(19)22/h4-7,9-15,22H,2-3,8,16H2,1H3,(H,25,26,27). The van der Waals surface area contributed by atoms with Crippen molar-refractivity contribution < 1.29 is 9.53 Å². The largest absolute Gasteiger partial charge is 0.448 e. The molecule has 0 atom stereocenters. The van der Waals surface area contributed by atoms with Crippen molar-refractivity contribution in [3.63, 3.8) is 0 Å². The Morgan fingerprint density at radius 1 is 1.04 bits per heavy atom. The number of nitrogens with zero attached hydrogens (tertiary/aromatic N) is 1. The molecule has 0 fully saturated rings. The summed E-state index contributed by atoms with van der Waals surface area (Å²) in [5.41, 5.74) is 6.69. The highest BCUT2D eigenvalue weighted by molar-refractivity contribution is 5.86. The van der Waals surface area contributed by atoms with Gasteiger partial charge >= 0.3 is 6.09 Å². The second-order valence-corrected chi connectivity index (χ2v) is 7.09. The van der Waals surface area contributed by atoms with E-state index in [1.54, 1.807) is 6.20 Å². The molecule has 1 N–H and O–H groups in total. The van der Waals surface area contributed by atoms with Crippen molar-refractivity contribution in [2.45, 2.75) is 32.1 Å². The lowest BCUT2D eigenvalue weighted by Gasteiger charge is -2.15. The number of pyridine rings is 1. The van der Waals surface area contributed by atoms with Crippen LogP contribution in [0.1, 0.15) is 42.4 Å². The summed E-state index contributed by atoms with van der Waals surface area (Å²) < 4.78 is 5.63. The SMILES string of the molecule is CCCCc1cnccc1NC(=O)OCC1c2ccccc2-c2ccccc21. The van der Waals surface area contributed by atoms with E-state index >= 15 is 0 Å². The number of anilines is 1. The van der Waals surface area contributed by atoms with Crippen molar-refractivity contribution in [1.29, 1.82) is 0 Å². The fraction of sp³-hybridized carbons (Fsp3) is 0.250. The van der Waals surface area contributed by atoms with Crippen LogP contribution in [0.4, 0.5) is 10.5 Å². The van der Waals surface area contributed by atoms with Crippen molar-refractivity contribution >= 4 is 11.8 Å². The van der Waals surface area contributed by atoms with Gasteiger partial charge in [-0.1, -0.05) is 61.9 Å². The van der Waals surface area contributed by atoms with E-state index in [1.165, 1.54) is 22.3 Å². The number of fused-ring (bicyclic) bond motifs is 3. The highest BCUT2D eigenvalue weighted by Gasteiger charge is 2.29. The molecule has 2 aromatic carbocycles. The zero-order valence-electron chi connectivity index (χ0n) is 16.0. The van der Waals surface area contributed by atoms with Crippen LogP contribution in [0.2, 0.25) is 0 Å². The zero-order valence-corrected chi connectivity index (χ0v) is 16.0. The molecule has 142 valence electrons. The molecule has 0 aliphatic heterocycles. The maximum absolute atomic E-state index is 12.5. The third kappa shape index (κ3) is 3.63. The van der Waals surface area contributed by atoms with E-state index in [0.29, 0.717) is 6.61 Å². The number of rotatable bonds is 6. The second kappa shape index (κ2) is 8.26. The fourth-order valence-corrected chi connectivity index (χ4v) is 3.86. The molecule has 0 spiro atoms. The Hall–Kier alpha value is -3.14. The molecule has 4 heteroatoms. The van der Waals surface area contributed by atoms with Crippen molar-refractivity contribution in [2.75, 3.05) is 11.9 Å². The number of unbranched alkanes of at least 4 members (excludes halogenated alkanes) is 1. The average molecular weight is 372 g/mol. The normalized spacial score (nSPS) is 12.3. The number of aromatic nitrogens is 1. The number of amides is 1. The highest BCUT2D eigenvalue weighted by atomic mass is 16.5. The summed E-state index contributed by atoms with van der Waals surface area (Å²) in [5.74, 6) is 0.0650. The number of hydrogen-bond acceptors (Lipinski definition) is 3. The third-order valence-electron chi connectivity index (χ3n) is 5.28. The Kier molecular flexibility index (Phi) is 5.38. The smallest absolute Gasteiger partial charge is 0.411 e.